The fourth-order valence-corrected chi connectivity index (χ4v) is 4.93. The van der Waals surface area contributed by atoms with Gasteiger partial charge in [0.1, 0.15) is 0 Å². The molecule has 0 aliphatic heterocycles. The van der Waals surface area contributed by atoms with Crippen molar-refractivity contribution in [3.05, 3.63) is 24.3 Å². The lowest BCUT2D eigenvalue weighted by molar-refractivity contribution is 0.405. The lowest BCUT2D eigenvalue weighted by Crippen LogP contribution is -2.19. The Balaban J connectivity index is 2.33. The molecule has 0 aromatic heterocycles. The number of hydrogen-bond acceptors (Lipinski definition) is 4. The lowest BCUT2D eigenvalue weighted by Gasteiger charge is -2.23. The molecule has 1 aromatic rings. The minimum absolute atomic E-state index is 0.349. The average molecular weight is 369 g/mol. The Hall–Kier alpha value is -0.826. The van der Waals surface area contributed by atoms with Crippen molar-refractivity contribution < 1.29 is 8.85 Å². The van der Waals surface area contributed by atoms with Crippen molar-refractivity contribution in [1.29, 1.82) is 0 Å². The van der Waals surface area contributed by atoms with Gasteiger partial charge in [0.05, 0.1) is 0 Å². The van der Waals surface area contributed by atoms with Crippen molar-refractivity contribution in [2.45, 2.75) is 50.6 Å². The van der Waals surface area contributed by atoms with Crippen molar-refractivity contribution in [1.82, 2.24) is 0 Å². The van der Waals surface area contributed by atoms with E-state index in [9.17, 15) is 0 Å². The molecule has 2 N–H and O–H groups in total. The van der Waals surface area contributed by atoms with Gasteiger partial charge in [-0.25, -0.2) is 0 Å². The normalized spacial score (nSPS) is 13.2. The first-order chi connectivity index (χ1) is 11.3. The van der Waals surface area contributed by atoms with Crippen molar-refractivity contribution in [2.75, 3.05) is 37.9 Å². The molecular weight excluding hydrogens is 332 g/mol. The molecule has 6 heteroatoms. The van der Waals surface area contributed by atoms with E-state index in [4.69, 9.17) is 8.85 Å². The van der Waals surface area contributed by atoms with Gasteiger partial charge in [0, 0.05) is 38.7 Å². The van der Waals surface area contributed by atoms with E-state index in [-0.39, 0.29) is 0 Å². The van der Waals surface area contributed by atoms with Crippen molar-refractivity contribution in [2.24, 2.45) is 0 Å². The van der Waals surface area contributed by atoms with Gasteiger partial charge in [-0.15, -0.1) is 0 Å². The summed E-state index contributed by atoms with van der Waals surface area (Å²) in [5.41, 5.74) is 2.37. The first kappa shape index (κ1) is 21.2. The smallest absolute Gasteiger partial charge is 0.166 e. The Labute approximate surface area is 153 Å². The topological polar surface area (TPSA) is 42.5 Å². The second kappa shape index (κ2) is 10.2. The molecule has 4 nitrogen and oxygen atoms in total. The summed E-state index contributed by atoms with van der Waals surface area (Å²) >= 11 is 0. The van der Waals surface area contributed by atoms with Crippen LogP contribution in [0.1, 0.15) is 40.5 Å². The third-order valence-electron chi connectivity index (χ3n) is 4.22. The van der Waals surface area contributed by atoms with Gasteiger partial charge in [0.2, 0.25) is 0 Å². The monoisotopic (exact) mass is 368 g/mol. The molecule has 0 amide bonds. The summed E-state index contributed by atoms with van der Waals surface area (Å²) in [7, 11) is 2.77. The Bertz CT molecular complexity index is 422. The number of rotatable bonds is 12. The highest BCUT2D eigenvalue weighted by molar-refractivity contribution is 6.32. The zero-order chi connectivity index (χ0) is 18.1. The molecule has 0 radical (unpaired) electrons. The van der Waals surface area contributed by atoms with Crippen LogP contribution in [0, 0.1) is 0 Å². The number of anilines is 2. The van der Waals surface area contributed by atoms with Crippen LogP contribution in [0.5, 0.6) is 0 Å². The standard InChI is InChI=1S/C18H36N2O2Si2/c1-17(2,23-21-5)11-13-19-15-7-9-16(10-8-15)20-14-12-18(3,4)24-22-6/h7-10,19-20H,11-14,23-24H2,1-6H3. The zero-order valence-corrected chi connectivity index (χ0v) is 19.2. The molecule has 0 aliphatic carbocycles. The predicted octanol–water partition coefficient (Wildman–Crippen LogP) is 3.15. The highest BCUT2D eigenvalue weighted by atomic mass is 28.2. The van der Waals surface area contributed by atoms with Crippen LogP contribution >= 0.6 is 0 Å². The van der Waals surface area contributed by atoms with E-state index in [1.165, 1.54) is 11.4 Å². The minimum atomic E-state index is -0.438. The van der Waals surface area contributed by atoms with Gasteiger partial charge in [0.25, 0.3) is 0 Å². The molecule has 1 rings (SSSR count). The Morgan fingerprint density at radius 1 is 0.750 bits per heavy atom. The number of hydrogen-bond donors (Lipinski definition) is 2. The lowest BCUT2D eigenvalue weighted by atomic mass is 10.1. The Morgan fingerprint density at radius 2 is 1.08 bits per heavy atom. The summed E-state index contributed by atoms with van der Waals surface area (Å²) in [6.07, 6.45) is 2.29. The second-order valence-electron chi connectivity index (χ2n) is 8.13. The van der Waals surface area contributed by atoms with E-state index in [0.717, 1.165) is 25.9 Å². The van der Waals surface area contributed by atoms with Crippen molar-refractivity contribution in [3.8, 4) is 0 Å². The third-order valence-corrected chi connectivity index (χ3v) is 7.06. The van der Waals surface area contributed by atoms with Gasteiger partial charge in [-0.3, -0.25) is 0 Å². The van der Waals surface area contributed by atoms with E-state index in [1.807, 2.05) is 14.2 Å². The summed E-state index contributed by atoms with van der Waals surface area (Å²) in [6, 6.07) is 8.60. The highest BCUT2D eigenvalue weighted by Crippen LogP contribution is 2.28. The molecule has 0 saturated carbocycles. The quantitative estimate of drug-likeness (QED) is 0.556. The van der Waals surface area contributed by atoms with Gasteiger partial charge in [-0.05, 0) is 47.2 Å². The van der Waals surface area contributed by atoms with Gasteiger partial charge >= 0.3 is 0 Å². The van der Waals surface area contributed by atoms with Gasteiger partial charge in [-0.2, -0.15) is 0 Å². The van der Waals surface area contributed by atoms with Gasteiger partial charge < -0.3 is 19.5 Å². The van der Waals surface area contributed by atoms with Crippen LogP contribution in [-0.2, 0) is 8.85 Å². The molecule has 0 spiro atoms. The van der Waals surface area contributed by atoms with Gasteiger partial charge in [-0.1, -0.05) is 27.7 Å². The van der Waals surface area contributed by atoms with Crippen LogP contribution in [0.4, 0.5) is 11.4 Å². The largest absolute Gasteiger partial charge is 0.427 e. The molecule has 0 heterocycles. The molecule has 0 aliphatic rings. The Morgan fingerprint density at radius 3 is 1.38 bits per heavy atom. The van der Waals surface area contributed by atoms with Crippen molar-refractivity contribution >= 4 is 30.9 Å². The zero-order valence-electron chi connectivity index (χ0n) is 16.4. The maximum Gasteiger partial charge on any atom is 0.166 e. The molecule has 0 saturated heterocycles. The Kier molecular flexibility index (Phi) is 9.04. The molecule has 24 heavy (non-hydrogen) atoms. The minimum Gasteiger partial charge on any atom is -0.427 e. The number of nitrogens with one attached hydrogen (secondary N) is 2. The second-order valence-corrected chi connectivity index (χ2v) is 13.7. The third kappa shape index (κ3) is 8.87. The summed E-state index contributed by atoms with van der Waals surface area (Å²) in [5, 5.41) is 7.72. The van der Waals surface area contributed by atoms with Gasteiger partial charge in [0.15, 0.2) is 19.5 Å². The predicted molar refractivity (Wildman–Crippen MR) is 112 cm³/mol. The molecule has 1 aromatic carbocycles. The van der Waals surface area contributed by atoms with Crippen molar-refractivity contribution in [3.63, 3.8) is 0 Å². The summed E-state index contributed by atoms with van der Waals surface area (Å²) in [5.74, 6) is 0. The summed E-state index contributed by atoms with van der Waals surface area (Å²) < 4.78 is 10.8. The van der Waals surface area contributed by atoms with E-state index in [0.29, 0.717) is 10.1 Å². The number of benzene rings is 1. The highest BCUT2D eigenvalue weighted by Gasteiger charge is 2.18. The van der Waals surface area contributed by atoms with E-state index < -0.39 is 19.5 Å². The van der Waals surface area contributed by atoms with Crippen LogP contribution in [-0.4, -0.2) is 46.8 Å². The fraction of sp³-hybridized carbons (Fsp3) is 0.667. The first-order valence-corrected chi connectivity index (χ1v) is 11.4. The summed E-state index contributed by atoms with van der Waals surface area (Å²) in [6.45, 7) is 11.2. The molecule has 0 bridgehead atoms. The van der Waals surface area contributed by atoms with Crippen LogP contribution in [0.2, 0.25) is 10.1 Å². The molecule has 0 fully saturated rings. The maximum atomic E-state index is 5.40. The fourth-order valence-electron chi connectivity index (χ4n) is 2.72. The summed E-state index contributed by atoms with van der Waals surface area (Å²) in [4.78, 5) is 0. The van der Waals surface area contributed by atoms with E-state index in [2.05, 4.69) is 62.6 Å². The van der Waals surface area contributed by atoms with Crippen LogP contribution in [0.15, 0.2) is 24.3 Å². The molecular formula is C18H36N2O2Si2. The van der Waals surface area contributed by atoms with E-state index >= 15 is 0 Å². The maximum absolute atomic E-state index is 5.40. The van der Waals surface area contributed by atoms with Crippen LogP contribution in [0.3, 0.4) is 0 Å². The van der Waals surface area contributed by atoms with Crippen LogP contribution in [0.25, 0.3) is 0 Å². The molecule has 0 unspecified atom stereocenters. The SMILES string of the molecule is CO[SiH2]C(C)(C)CCNc1ccc(NCCC(C)(C)[SiH2]OC)cc1. The van der Waals surface area contributed by atoms with Crippen LogP contribution < -0.4 is 10.6 Å². The molecule has 138 valence electrons. The average Bonchev–Trinajstić information content (AvgIpc) is 2.48. The molecule has 0 atom stereocenters. The van der Waals surface area contributed by atoms with E-state index in [1.54, 1.807) is 0 Å². The first-order valence-electron chi connectivity index (χ1n) is 8.84.